The molecule has 0 radical (unpaired) electrons. The van der Waals surface area contributed by atoms with E-state index in [-0.39, 0.29) is 4.77 Å². The van der Waals surface area contributed by atoms with Gasteiger partial charge in [0.05, 0.1) is 6.20 Å². The van der Waals surface area contributed by atoms with E-state index in [4.69, 9.17) is 17.3 Å². The number of aromatic nitrogens is 5. The van der Waals surface area contributed by atoms with Gasteiger partial charge in [-0.15, -0.1) is 0 Å². The van der Waals surface area contributed by atoms with E-state index >= 15 is 0 Å². The van der Waals surface area contributed by atoms with Gasteiger partial charge in [0.1, 0.15) is 11.7 Å². The highest BCUT2D eigenvalue weighted by Gasteiger charge is 2.20. The Hall–Kier alpha value is -2.09. The molecular formula is C9H9N5O2S. The molecule has 0 saturated carbocycles. The number of carbonyl (C=O) groups is 1. The first-order chi connectivity index (χ1) is 8.11. The number of nitrogens with one attached hydrogen (secondary N) is 1. The maximum absolute atomic E-state index is 11.0. The van der Waals surface area contributed by atoms with Crippen molar-refractivity contribution in [2.75, 3.05) is 0 Å². The average molecular weight is 251 g/mol. The molecule has 2 aromatic heterocycles. The Morgan fingerprint density at radius 1 is 1.59 bits per heavy atom. The Morgan fingerprint density at radius 3 is 2.94 bits per heavy atom. The predicted octanol–water partition coefficient (Wildman–Crippen LogP) is 1.04. The number of hydrogen-bond acceptors (Lipinski definition) is 5. The average Bonchev–Trinajstić information content (AvgIpc) is 2.71. The van der Waals surface area contributed by atoms with Crippen LogP contribution >= 0.6 is 12.2 Å². The van der Waals surface area contributed by atoms with Crippen molar-refractivity contribution in [1.29, 1.82) is 0 Å². The molecule has 0 aromatic carbocycles. The van der Waals surface area contributed by atoms with Gasteiger partial charge >= 0.3 is 5.97 Å². The van der Waals surface area contributed by atoms with Gasteiger partial charge in [0.2, 0.25) is 0 Å². The topological polar surface area (TPSA) is 96.7 Å². The van der Waals surface area contributed by atoms with E-state index < -0.39 is 12.0 Å². The SMILES string of the molecule is CC(C(=O)O)n1c(-c2cnccn2)n[nH]c1=S. The molecule has 8 heteroatoms. The lowest BCUT2D eigenvalue weighted by Crippen LogP contribution is -2.17. The van der Waals surface area contributed by atoms with E-state index in [0.717, 1.165) is 0 Å². The maximum atomic E-state index is 11.0. The molecule has 2 aromatic rings. The molecule has 0 aliphatic carbocycles. The third-order valence-electron chi connectivity index (χ3n) is 2.24. The summed E-state index contributed by atoms with van der Waals surface area (Å²) in [6.45, 7) is 1.52. The highest BCUT2D eigenvalue weighted by Crippen LogP contribution is 2.18. The smallest absolute Gasteiger partial charge is 0.326 e. The molecule has 1 atom stereocenters. The van der Waals surface area contributed by atoms with Crippen LogP contribution in [0, 0.1) is 4.77 Å². The lowest BCUT2D eigenvalue weighted by molar-refractivity contribution is -0.140. The Morgan fingerprint density at radius 2 is 2.35 bits per heavy atom. The third-order valence-corrected chi connectivity index (χ3v) is 2.53. The first-order valence-electron chi connectivity index (χ1n) is 4.77. The number of nitrogens with zero attached hydrogens (tertiary/aromatic N) is 4. The van der Waals surface area contributed by atoms with Crippen LogP contribution in [0.25, 0.3) is 11.5 Å². The second-order valence-electron chi connectivity index (χ2n) is 3.33. The number of H-pyrrole nitrogens is 1. The zero-order chi connectivity index (χ0) is 12.4. The molecule has 2 heterocycles. The van der Waals surface area contributed by atoms with Gasteiger partial charge < -0.3 is 5.11 Å². The lowest BCUT2D eigenvalue weighted by atomic mass is 10.3. The summed E-state index contributed by atoms with van der Waals surface area (Å²) >= 11 is 5.00. The Kier molecular flexibility index (Phi) is 2.96. The third kappa shape index (κ3) is 2.07. The van der Waals surface area contributed by atoms with Crippen molar-refractivity contribution in [2.45, 2.75) is 13.0 Å². The Labute approximate surface area is 101 Å². The largest absolute Gasteiger partial charge is 0.480 e. The van der Waals surface area contributed by atoms with E-state index in [1.165, 1.54) is 30.1 Å². The number of rotatable bonds is 3. The van der Waals surface area contributed by atoms with Gasteiger partial charge in [0.15, 0.2) is 10.6 Å². The van der Waals surface area contributed by atoms with E-state index in [9.17, 15) is 4.79 Å². The Balaban J connectivity index is 2.58. The monoisotopic (exact) mass is 251 g/mol. The minimum Gasteiger partial charge on any atom is -0.480 e. The van der Waals surface area contributed by atoms with Crippen LogP contribution in [-0.2, 0) is 4.79 Å². The lowest BCUT2D eigenvalue weighted by Gasteiger charge is -2.09. The van der Waals surface area contributed by atoms with Crippen LogP contribution in [0.1, 0.15) is 13.0 Å². The predicted molar refractivity (Wildman–Crippen MR) is 60.8 cm³/mol. The molecule has 0 saturated heterocycles. The quantitative estimate of drug-likeness (QED) is 0.791. The van der Waals surface area contributed by atoms with Crippen molar-refractivity contribution in [3.8, 4) is 11.5 Å². The summed E-state index contributed by atoms with van der Waals surface area (Å²) in [5.74, 6) is -0.634. The van der Waals surface area contributed by atoms with Crippen molar-refractivity contribution in [3.63, 3.8) is 0 Å². The summed E-state index contributed by atoms with van der Waals surface area (Å²) in [6, 6.07) is -0.821. The molecule has 1 unspecified atom stereocenters. The zero-order valence-corrected chi connectivity index (χ0v) is 9.68. The van der Waals surface area contributed by atoms with Gasteiger partial charge in [-0.2, -0.15) is 5.10 Å². The number of carboxylic acids is 1. The van der Waals surface area contributed by atoms with E-state index in [2.05, 4.69) is 20.2 Å². The fraction of sp³-hybridized carbons (Fsp3) is 0.222. The molecule has 0 amide bonds. The van der Waals surface area contributed by atoms with Gasteiger partial charge in [-0.05, 0) is 19.1 Å². The molecule has 0 aliphatic rings. The number of carboxylic acid groups (broad SMARTS) is 1. The number of aliphatic carboxylic acids is 1. The van der Waals surface area contributed by atoms with Gasteiger partial charge in [0.25, 0.3) is 0 Å². The van der Waals surface area contributed by atoms with Crippen LogP contribution < -0.4 is 0 Å². The normalized spacial score (nSPS) is 12.3. The van der Waals surface area contributed by atoms with Crippen molar-refractivity contribution in [1.82, 2.24) is 24.7 Å². The molecular weight excluding hydrogens is 242 g/mol. The number of hydrogen-bond donors (Lipinski definition) is 2. The minimum atomic E-state index is -0.993. The maximum Gasteiger partial charge on any atom is 0.326 e. The summed E-state index contributed by atoms with van der Waals surface area (Å²) in [6.07, 6.45) is 4.52. The first-order valence-corrected chi connectivity index (χ1v) is 5.18. The Bertz CT molecular complexity index is 591. The van der Waals surface area contributed by atoms with Crippen molar-refractivity contribution >= 4 is 18.2 Å². The molecule has 0 spiro atoms. The van der Waals surface area contributed by atoms with Gasteiger partial charge in [-0.25, -0.2) is 9.78 Å². The zero-order valence-electron chi connectivity index (χ0n) is 8.86. The summed E-state index contributed by atoms with van der Waals surface area (Å²) in [5, 5.41) is 15.5. The van der Waals surface area contributed by atoms with Crippen molar-refractivity contribution in [3.05, 3.63) is 23.4 Å². The molecule has 2 N–H and O–H groups in total. The number of aromatic amines is 1. The van der Waals surface area contributed by atoms with E-state index in [1.54, 1.807) is 0 Å². The van der Waals surface area contributed by atoms with Gasteiger partial charge in [0, 0.05) is 12.4 Å². The molecule has 2 rings (SSSR count). The standard InChI is InChI=1S/C9H9N5O2S/c1-5(8(15)16)14-7(12-13-9(14)17)6-4-10-2-3-11-6/h2-5H,1H3,(H,13,17)(H,15,16). The highest BCUT2D eigenvalue weighted by molar-refractivity contribution is 7.71. The summed E-state index contributed by atoms with van der Waals surface area (Å²) in [7, 11) is 0. The van der Waals surface area contributed by atoms with Crippen LogP contribution in [0.3, 0.4) is 0 Å². The second-order valence-corrected chi connectivity index (χ2v) is 3.71. The highest BCUT2D eigenvalue weighted by atomic mass is 32.1. The summed E-state index contributed by atoms with van der Waals surface area (Å²) in [5.41, 5.74) is 0.466. The summed E-state index contributed by atoms with van der Waals surface area (Å²) < 4.78 is 1.63. The van der Waals surface area contributed by atoms with Crippen LogP contribution in [0.4, 0.5) is 0 Å². The first kappa shape index (κ1) is 11.4. The van der Waals surface area contributed by atoms with Crippen molar-refractivity contribution in [2.24, 2.45) is 0 Å². The van der Waals surface area contributed by atoms with E-state index in [1.807, 2.05) is 0 Å². The van der Waals surface area contributed by atoms with Crippen molar-refractivity contribution < 1.29 is 9.90 Å². The molecule has 0 fully saturated rings. The molecule has 17 heavy (non-hydrogen) atoms. The fourth-order valence-electron chi connectivity index (χ4n) is 1.37. The molecule has 88 valence electrons. The molecule has 0 aliphatic heterocycles. The molecule has 7 nitrogen and oxygen atoms in total. The fourth-order valence-corrected chi connectivity index (χ4v) is 1.66. The minimum absolute atomic E-state index is 0.237. The van der Waals surface area contributed by atoms with Crippen LogP contribution in [-0.4, -0.2) is 35.8 Å². The van der Waals surface area contributed by atoms with E-state index in [0.29, 0.717) is 11.5 Å². The molecule has 0 bridgehead atoms. The van der Waals surface area contributed by atoms with Crippen LogP contribution in [0.15, 0.2) is 18.6 Å². The second kappa shape index (κ2) is 4.42. The van der Waals surface area contributed by atoms with Gasteiger partial charge in [-0.3, -0.25) is 14.6 Å². The summed E-state index contributed by atoms with van der Waals surface area (Å²) in [4.78, 5) is 19.0. The van der Waals surface area contributed by atoms with Crippen LogP contribution in [0.2, 0.25) is 0 Å². The van der Waals surface area contributed by atoms with Gasteiger partial charge in [-0.1, -0.05) is 0 Å². The van der Waals surface area contributed by atoms with Crippen LogP contribution in [0.5, 0.6) is 0 Å².